The van der Waals surface area contributed by atoms with E-state index in [-0.39, 0.29) is 25.0 Å². The molecule has 1 aliphatic rings. The molecule has 0 fully saturated rings. The standard InChI is InChI=1S/C18H21N3O3/c1-12-9-13-5-2-3-7-15(13)17(12)21-16(22)11-20-18(23)19-10-14-6-4-8-24-14/h2-8,12,17H,9-11H2,1H3,(H,21,22)(H2,19,20,23)/t12-,17-/m1/s1. The number of carbonyl (C=O) groups is 2. The topological polar surface area (TPSA) is 83.4 Å². The molecule has 2 atom stereocenters. The monoisotopic (exact) mass is 327 g/mol. The summed E-state index contributed by atoms with van der Waals surface area (Å²) in [5.41, 5.74) is 2.44. The summed E-state index contributed by atoms with van der Waals surface area (Å²) in [6.45, 7) is 2.34. The van der Waals surface area contributed by atoms with Crippen molar-refractivity contribution in [3.05, 3.63) is 59.5 Å². The van der Waals surface area contributed by atoms with Crippen molar-refractivity contribution in [1.29, 1.82) is 0 Å². The third-order valence-electron chi connectivity index (χ3n) is 4.23. The van der Waals surface area contributed by atoms with Crippen LogP contribution in [0.5, 0.6) is 0 Å². The highest BCUT2D eigenvalue weighted by atomic mass is 16.3. The SMILES string of the molecule is C[C@@H]1Cc2ccccc2[C@@H]1NC(=O)CNC(=O)NCc1ccco1. The van der Waals surface area contributed by atoms with Gasteiger partial charge in [-0.25, -0.2) is 4.79 Å². The lowest BCUT2D eigenvalue weighted by molar-refractivity contribution is -0.121. The maximum Gasteiger partial charge on any atom is 0.315 e. The third-order valence-corrected chi connectivity index (χ3v) is 4.23. The molecular weight excluding hydrogens is 306 g/mol. The van der Waals surface area contributed by atoms with Crippen molar-refractivity contribution in [2.75, 3.05) is 6.54 Å². The number of amides is 3. The van der Waals surface area contributed by atoms with E-state index in [2.05, 4.69) is 28.9 Å². The fraction of sp³-hybridized carbons (Fsp3) is 0.333. The molecule has 1 heterocycles. The molecule has 1 aromatic carbocycles. The van der Waals surface area contributed by atoms with Gasteiger partial charge in [-0.15, -0.1) is 0 Å². The number of furan rings is 1. The van der Waals surface area contributed by atoms with Gasteiger partial charge in [0.1, 0.15) is 5.76 Å². The van der Waals surface area contributed by atoms with Crippen molar-refractivity contribution >= 4 is 11.9 Å². The predicted octanol–water partition coefficient (Wildman–Crippen LogP) is 2.13. The van der Waals surface area contributed by atoms with Gasteiger partial charge in [0.2, 0.25) is 5.91 Å². The molecule has 1 aliphatic carbocycles. The lowest BCUT2D eigenvalue weighted by Crippen LogP contribution is -2.43. The first kappa shape index (κ1) is 16.1. The van der Waals surface area contributed by atoms with Crippen LogP contribution in [0.4, 0.5) is 4.79 Å². The van der Waals surface area contributed by atoms with E-state index in [1.54, 1.807) is 18.4 Å². The molecule has 3 amide bonds. The highest BCUT2D eigenvalue weighted by Gasteiger charge is 2.29. The smallest absolute Gasteiger partial charge is 0.315 e. The van der Waals surface area contributed by atoms with E-state index in [0.717, 1.165) is 6.42 Å². The minimum atomic E-state index is -0.401. The van der Waals surface area contributed by atoms with E-state index in [9.17, 15) is 9.59 Å². The molecule has 126 valence electrons. The minimum absolute atomic E-state index is 0.00156. The van der Waals surface area contributed by atoms with Crippen LogP contribution in [0.1, 0.15) is 29.9 Å². The highest BCUT2D eigenvalue weighted by molar-refractivity contribution is 5.84. The molecule has 0 aliphatic heterocycles. The Balaban J connectivity index is 1.45. The van der Waals surface area contributed by atoms with Gasteiger partial charge in [-0.2, -0.15) is 0 Å². The fourth-order valence-electron chi connectivity index (χ4n) is 3.04. The van der Waals surface area contributed by atoms with Gasteiger partial charge in [0.15, 0.2) is 0 Å². The molecule has 1 aromatic heterocycles. The molecule has 6 nitrogen and oxygen atoms in total. The minimum Gasteiger partial charge on any atom is -0.467 e. The van der Waals surface area contributed by atoms with Crippen LogP contribution in [0.15, 0.2) is 47.1 Å². The highest BCUT2D eigenvalue weighted by Crippen LogP contribution is 2.35. The number of nitrogens with one attached hydrogen (secondary N) is 3. The largest absolute Gasteiger partial charge is 0.467 e. The molecule has 0 bridgehead atoms. The van der Waals surface area contributed by atoms with Crippen LogP contribution < -0.4 is 16.0 Å². The van der Waals surface area contributed by atoms with E-state index < -0.39 is 6.03 Å². The second kappa shape index (κ2) is 7.21. The Kier molecular flexibility index (Phi) is 4.84. The van der Waals surface area contributed by atoms with Crippen LogP contribution in [-0.4, -0.2) is 18.5 Å². The zero-order chi connectivity index (χ0) is 16.9. The number of hydrogen-bond acceptors (Lipinski definition) is 3. The molecule has 0 saturated heterocycles. The number of rotatable bonds is 5. The summed E-state index contributed by atoms with van der Waals surface area (Å²) < 4.78 is 5.12. The van der Waals surface area contributed by atoms with Crippen molar-refractivity contribution in [2.45, 2.75) is 25.9 Å². The number of urea groups is 1. The van der Waals surface area contributed by atoms with Crippen LogP contribution >= 0.6 is 0 Å². The first-order valence-electron chi connectivity index (χ1n) is 8.04. The first-order valence-corrected chi connectivity index (χ1v) is 8.04. The molecule has 0 saturated carbocycles. The van der Waals surface area contributed by atoms with E-state index in [1.807, 2.05) is 18.2 Å². The molecule has 24 heavy (non-hydrogen) atoms. The van der Waals surface area contributed by atoms with Crippen LogP contribution in [0.2, 0.25) is 0 Å². The Labute approximate surface area is 140 Å². The van der Waals surface area contributed by atoms with Gasteiger partial charge in [-0.1, -0.05) is 31.2 Å². The van der Waals surface area contributed by atoms with E-state index in [1.165, 1.54) is 11.1 Å². The normalized spacial score (nSPS) is 18.7. The predicted molar refractivity (Wildman–Crippen MR) is 89.1 cm³/mol. The van der Waals surface area contributed by atoms with Crippen molar-refractivity contribution in [3.63, 3.8) is 0 Å². The van der Waals surface area contributed by atoms with Crippen LogP contribution in [0.25, 0.3) is 0 Å². The van der Waals surface area contributed by atoms with E-state index in [0.29, 0.717) is 11.7 Å². The van der Waals surface area contributed by atoms with Crippen molar-refractivity contribution in [2.24, 2.45) is 5.92 Å². The molecule has 6 heteroatoms. The summed E-state index contributed by atoms with van der Waals surface area (Å²) in [5, 5.41) is 8.20. The summed E-state index contributed by atoms with van der Waals surface area (Å²) in [4.78, 5) is 23.8. The summed E-state index contributed by atoms with van der Waals surface area (Å²) in [6, 6.07) is 11.3. The molecule has 3 N–H and O–H groups in total. The maximum atomic E-state index is 12.1. The van der Waals surface area contributed by atoms with E-state index >= 15 is 0 Å². The summed E-state index contributed by atoms with van der Waals surface area (Å²) in [7, 11) is 0. The van der Waals surface area contributed by atoms with Gasteiger partial charge in [0.05, 0.1) is 25.4 Å². The summed E-state index contributed by atoms with van der Waals surface area (Å²) >= 11 is 0. The third kappa shape index (κ3) is 3.76. The lowest BCUT2D eigenvalue weighted by atomic mass is 10.0. The Morgan fingerprint density at radius 3 is 2.79 bits per heavy atom. The average molecular weight is 327 g/mol. The van der Waals surface area contributed by atoms with Crippen LogP contribution in [-0.2, 0) is 17.8 Å². The molecule has 0 unspecified atom stereocenters. The molecular formula is C18H21N3O3. The number of fused-ring (bicyclic) bond motifs is 1. The molecule has 0 spiro atoms. The van der Waals surface area contributed by atoms with Gasteiger partial charge in [0, 0.05) is 0 Å². The van der Waals surface area contributed by atoms with Gasteiger partial charge in [-0.05, 0) is 35.6 Å². The maximum absolute atomic E-state index is 12.1. The summed E-state index contributed by atoms with van der Waals surface area (Å²) in [6.07, 6.45) is 2.50. The summed E-state index contributed by atoms with van der Waals surface area (Å²) in [5.74, 6) is 0.807. The lowest BCUT2D eigenvalue weighted by Gasteiger charge is -2.19. The van der Waals surface area contributed by atoms with Gasteiger partial charge < -0.3 is 20.4 Å². The first-order chi connectivity index (χ1) is 11.6. The Hall–Kier alpha value is -2.76. The molecule has 0 radical (unpaired) electrons. The van der Waals surface area contributed by atoms with Crippen molar-refractivity contribution < 1.29 is 14.0 Å². The number of carbonyl (C=O) groups excluding carboxylic acids is 2. The van der Waals surface area contributed by atoms with Gasteiger partial charge in [0.25, 0.3) is 0 Å². The number of hydrogen-bond donors (Lipinski definition) is 3. The second-order valence-corrected chi connectivity index (χ2v) is 6.04. The van der Waals surface area contributed by atoms with Crippen molar-refractivity contribution in [1.82, 2.24) is 16.0 Å². The van der Waals surface area contributed by atoms with Gasteiger partial charge in [-0.3, -0.25) is 4.79 Å². The molecule has 3 rings (SSSR count). The van der Waals surface area contributed by atoms with Gasteiger partial charge >= 0.3 is 6.03 Å². The fourth-order valence-corrected chi connectivity index (χ4v) is 3.04. The Morgan fingerprint density at radius 1 is 1.17 bits per heavy atom. The van der Waals surface area contributed by atoms with Crippen LogP contribution in [0.3, 0.4) is 0 Å². The van der Waals surface area contributed by atoms with Crippen LogP contribution in [0, 0.1) is 5.92 Å². The zero-order valence-electron chi connectivity index (χ0n) is 13.5. The zero-order valence-corrected chi connectivity index (χ0v) is 13.5. The average Bonchev–Trinajstić information content (AvgIpc) is 3.20. The van der Waals surface area contributed by atoms with E-state index in [4.69, 9.17) is 4.42 Å². The Bertz CT molecular complexity index is 712. The number of benzene rings is 1. The quantitative estimate of drug-likeness (QED) is 0.786. The van der Waals surface area contributed by atoms with Crippen molar-refractivity contribution in [3.8, 4) is 0 Å². The second-order valence-electron chi connectivity index (χ2n) is 6.04. The molecule has 2 aromatic rings. The Morgan fingerprint density at radius 2 is 2.00 bits per heavy atom.